The lowest BCUT2D eigenvalue weighted by atomic mass is 9.97. The molecule has 4 fully saturated rings. The van der Waals surface area contributed by atoms with Crippen LogP contribution in [0.15, 0.2) is 43.0 Å². The first-order chi connectivity index (χ1) is 18.1. The van der Waals surface area contributed by atoms with Crippen LogP contribution in [0.4, 0.5) is 5.82 Å². The van der Waals surface area contributed by atoms with Gasteiger partial charge in [0.15, 0.2) is 0 Å². The van der Waals surface area contributed by atoms with Crippen LogP contribution in [0.3, 0.4) is 0 Å². The molecule has 4 aliphatic rings. The van der Waals surface area contributed by atoms with Gasteiger partial charge in [-0.05, 0) is 74.3 Å². The topological polar surface area (TPSA) is 73.1 Å². The number of nitrogens with zero attached hydrogens (tertiary/aromatic N) is 5. The Bertz CT molecular complexity index is 1460. The summed E-state index contributed by atoms with van der Waals surface area (Å²) < 4.78 is 0. The number of hydrogen-bond acceptors (Lipinski definition) is 5. The summed E-state index contributed by atoms with van der Waals surface area (Å²) in [6.45, 7) is 6.09. The van der Waals surface area contributed by atoms with Gasteiger partial charge < -0.3 is 9.80 Å². The number of amides is 1. The summed E-state index contributed by atoms with van der Waals surface area (Å²) >= 11 is 0. The number of anilines is 1. The zero-order valence-corrected chi connectivity index (χ0v) is 21.1. The van der Waals surface area contributed by atoms with E-state index in [1.165, 1.54) is 12.8 Å². The summed E-state index contributed by atoms with van der Waals surface area (Å²) in [6.07, 6.45) is 8.50. The molecule has 6 heteroatoms. The zero-order chi connectivity index (χ0) is 25.1. The maximum absolute atomic E-state index is 13.0. The predicted molar refractivity (Wildman–Crippen MR) is 145 cm³/mol. The summed E-state index contributed by atoms with van der Waals surface area (Å²) in [4.78, 5) is 27.4. The Labute approximate surface area is 217 Å². The van der Waals surface area contributed by atoms with Gasteiger partial charge in [-0.3, -0.25) is 4.79 Å². The minimum atomic E-state index is 0.241. The number of hydrogen-bond donors (Lipinski definition) is 0. The minimum Gasteiger partial charge on any atom is -0.352 e. The Balaban J connectivity index is 1.26. The van der Waals surface area contributed by atoms with Gasteiger partial charge in [0, 0.05) is 42.4 Å². The lowest BCUT2D eigenvalue weighted by molar-refractivity contribution is -0.135. The Hall–Kier alpha value is -3.72. The molecule has 6 nitrogen and oxygen atoms in total. The monoisotopic (exact) mass is 489 g/mol. The minimum absolute atomic E-state index is 0.241. The summed E-state index contributed by atoms with van der Waals surface area (Å²) in [5.74, 6) is 2.42. The van der Waals surface area contributed by atoms with Crippen molar-refractivity contribution in [3.05, 3.63) is 59.9 Å². The van der Waals surface area contributed by atoms with E-state index in [4.69, 9.17) is 9.97 Å². The fraction of sp³-hybridized carbons (Fsp3) is 0.419. The van der Waals surface area contributed by atoms with E-state index in [0.717, 1.165) is 84.6 Å². The molecule has 3 saturated carbocycles. The molecule has 0 spiro atoms. The van der Waals surface area contributed by atoms with Gasteiger partial charge in [-0.25, -0.2) is 9.97 Å². The Morgan fingerprint density at radius 2 is 1.84 bits per heavy atom. The fourth-order valence-electron chi connectivity index (χ4n) is 5.88. The Morgan fingerprint density at radius 1 is 1.03 bits per heavy atom. The van der Waals surface area contributed by atoms with Crippen LogP contribution in [-0.2, 0) is 4.79 Å². The highest BCUT2D eigenvalue weighted by Crippen LogP contribution is 2.46. The molecule has 186 valence electrons. The molecular formula is C31H31N5O. The van der Waals surface area contributed by atoms with Crippen molar-refractivity contribution in [2.45, 2.75) is 50.5 Å². The average Bonchev–Trinajstić information content (AvgIpc) is 3.80. The van der Waals surface area contributed by atoms with E-state index in [0.29, 0.717) is 23.3 Å². The second-order valence-electron chi connectivity index (χ2n) is 11.2. The van der Waals surface area contributed by atoms with E-state index < -0.39 is 0 Å². The lowest BCUT2D eigenvalue weighted by Crippen LogP contribution is -2.57. The highest BCUT2D eigenvalue weighted by molar-refractivity contribution is 5.86. The maximum atomic E-state index is 13.0. The summed E-state index contributed by atoms with van der Waals surface area (Å²) in [5, 5.41) is 11.3. The van der Waals surface area contributed by atoms with Crippen LogP contribution in [0.1, 0.15) is 61.4 Å². The standard InChI is InChI=1S/C31H31N5O/c1-2-25-12-11-19-3-10-23(16-27(19)33-25)26-15-24(17-32)30(34-29(26)21-6-7-21)35-13-14-36(31(37)22-8-9-22)28(18-35)20-4-5-20/h2-3,10-12,15-16,20-22,28H,1,4-9,13-14,18H2/t28-/m0/s1. The van der Waals surface area contributed by atoms with Crippen molar-refractivity contribution in [1.29, 1.82) is 5.26 Å². The van der Waals surface area contributed by atoms with Gasteiger partial charge in [-0.2, -0.15) is 5.26 Å². The molecule has 3 heterocycles. The molecule has 1 aromatic carbocycles. The van der Waals surface area contributed by atoms with E-state index >= 15 is 0 Å². The predicted octanol–water partition coefficient (Wildman–Crippen LogP) is 5.53. The lowest BCUT2D eigenvalue weighted by Gasteiger charge is -2.43. The number of nitriles is 1. The summed E-state index contributed by atoms with van der Waals surface area (Å²) in [5.41, 5.74) is 5.56. The van der Waals surface area contributed by atoms with Gasteiger partial charge in [-0.1, -0.05) is 24.8 Å². The maximum Gasteiger partial charge on any atom is 0.226 e. The third-order valence-corrected chi connectivity index (χ3v) is 8.44. The molecule has 1 atom stereocenters. The van der Waals surface area contributed by atoms with E-state index in [1.54, 1.807) is 6.08 Å². The molecule has 3 aliphatic carbocycles. The van der Waals surface area contributed by atoms with Crippen LogP contribution in [0.2, 0.25) is 0 Å². The van der Waals surface area contributed by atoms with Crippen molar-refractivity contribution in [3.63, 3.8) is 0 Å². The molecule has 7 rings (SSSR count). The van der Waals surface area contributed by atoms with Crippen LogP contribution in [-0.4, -0.2) is 46.5 Å². The van der Waals surface area contributed by atoms with Crippen LogP contribution in [0, 0.1) is 23.2 Å². The molecule has 0 N–H and O–H groups in total. The number of fused-ring (bicyclic) bond motifs is 1. The van der Waals surface area contributed by atoms with Crippen molar-refractivity contribution in [3.8, 4) is 17.2 Å². The van der Waals surface area contributed by atoms with Gasteiger partial charge >= 0.3 is 0 Å². The smallest absolute Gasteiger partial charge is 0.226 e. The highest BCUT2D eigenvalue weighted by atomic mass is 16.2. The number of piperazine rings is 1. The van der Waals surface area contributed by atoms with Crippen molar-refractivity contribution in [2.75, 3.05) is 24.5 Å². The normalized spacial score (nSPS) is 21.6. The Kier molecular flexibility index (Phi) is 5.28. The average molecular weight is 490 g/mol. The molecule has 0 radical (unpaired) electrons. The molecular weight excluding hydrogens is 458 g/mol. The van der Waals surface area contributed by atoms with Gasteiger partial charge in [-0.15, -0.1) is 0 Å². The van der Waals surface area contributed by atoms with E-state index in [2.05, 4.69) is 46.7 Å². The van der Waals surface area contributed by atoms with Gasteiger partial charge in [0.1, 0.15) is 11.9 Å². The number of carbonyl (C=O) groups is 1. The number of rotatable bonds is 6. The second kappa shape index (κ2) is 8.69. The zero-order valence-electron chi connectivity index (χ0n) is 21.1. The highest BCUT2D eigenvalue weighted by Gasteiger charge is 2.45. The van der Waals surface area contributed by atoms with Crippen molar-refractivity contribution >= 4 is 28.7 Å². The van der Waals surface area contributed by atoms with Crippen molar-refractivity contribution < 1.29 is 4.79 Å². The van der Waals surface area contributed by atoms with Crippen LogP contribution < -0.4 is 4.90 Å². The van der Waals surface area contributed by atoms with E-state index in [9.17, 15) is 10.1 Å². The fourth-order valence-corrected chi connectivity index (χ4v) is 5.88. The van der Waals surface area contributed by atoms with Crippen molar-refractivity contribution in [2.24, 2.45) is 11.8 Å². The molecule has 2 aromatic heterocycles. The van der Waals surface area contributed by atoms with Gasteiger partial charge in [0.05, 0.1) is 28.5 Å². The summed E-state index contributed by atoms with van der Waals surface area (Å²) in [7, 11) is 0. The summed E-state index contributed by atoms with van der Waals surface area (Å²) in [6, 6.07) is 15.1. The number of pyridine rings is 2. The van der Waals surface area contributed by atoms with Crippen LogP contribution in [0.25, 0.3) is 28.1 Å². The van der Waals surface area contributed by atoms with E-state index in [-0.39, 0.29) is 12.0 Å². The first-order valence-corrected chi connectivity index (χ1v) is 13.7. The molecule has 1 saturated heterocycles. The number of aromatic nitrogens is 2. The number of benzene rings is 1. The molecule has 37 heavy (non-hydrogen) atoms. The molecule has 3 aromatic rings. The SMILES string of the molecule is C=Cc1ccc2ccc(-c3cc(C#N)c(N4CCN(C(=O)C5CC5)[C@H](C5CC5)C4)nc3C3CC3)cc2n1. The third kappa shape index (κ3) is 4.17. The van der Waals surface area contributed by atoms with Crippen LogP contribution >= 0.6 is 0 Å². The molecule has 0 bridgehead atoms. The first kappa shape index (κ1) is 22.5. The third-order valence-electron chi connectivity index (χ3n) is 8.44. The van der Waals surface area contributed by atoms with Crippen molar-refractivity contribution in [1.82, 2.24) is 14.9 Å². The van der Waals surface area contributed by atoms with Gasteiger partial charge in [0.25, 0.3) is 0 Å². The molecule has 1 amide bonds. The molecule has 0 unspecified atom stereocenters. The first-order valence-electron chi connectivity index (χ1n) is 13.7. The molecule has 1 aliphatic heterocycles. The van der Waals surface area contributed by atoms with Gasteiger partial charge in [0.2, 0.25) is 5.91 Å². The second-order valence-corrected chi connectivity index (χ2v) is 11.2. The van der Waals surface area contributed by atoms with E-state index in [1.807, 2.05) is 12.1 Å². The number of carbonyl (C=O) groups excluding carboxylic acids is 1. The van der Waals surface area contributed by atoms with Crippen LogP contribution in [0.5, 0.6) is 0 Å². The largest absolute Gasteiger partial charge is 0.352 e. The quantitative estimate of drug-likeness (QED) is 0.455. The Morgan fingerprint density at radius 3 is 2.54 bits per heavy atom.